The monoisotopic (exact) mass is 239 g/mol. The number of hydrogen-bond donors (Lipinski definition) is 2. The Balaban J connectivity index is 2.25. The standard InChI is InChI=1S/C11H13NOS2/c13-11-5-8(7-14)6-12(11)9-3-1-2-4-10(9)15/h1-4,8,14-15H,5-7H2. The van der Waals surface area contributed by atoms with E-state index >= 15 is 0 Å². The van der Waals surface area contributed by atoms with Gasteiger partial charge in [-0.2, -0.15) is 12.6 Å². The second-order valence-corrected chi connectivity index (χ2v) is 4.59. The molecule has 0 aliphatic carbocycles. The number of thiol groups is 2. The molecule has 0 saturated carbocycles. The Bertz CT molecular complexity index is 381. The summed E-state index contributed by atoms with van der Waals surface area (Å²) >= 11 is 8.60. The maximum absolute atomic E-state index is 11.8. The quantitative estimate of drug-likeness (QED) is 0.759. The van der Waals surface area contributed by atoms with Gasteiger partial charge in [0, 0.05) is 17.9 Å². The molecule has 1 amide bonds. The summed E-state index contributed by atoms with van der Waals surface area (Å²) < 4.78 is 0. The van der Waals surface area contributed by atoms with Gasteiger partial charge in [-0.15, -0.1) is 12.6 Å². The fourth-order valence-corrected chi connectivity index (χ4v) is 2.35. The summed E-state index contributed by atoms with van der Waals surface area (Å²) in [6.07, 6.45) is 0.603. The molecule has 1 aliphatic rings. The first-order valence-electron chi connectivity index (χ1n) is 4.91. The van der Waals surface area contributed by atoms with E-state index < -0.39 is 0 Å². The topological polar surface area (TPSA) is 20.3 Å². The van der Waals surface area contributed by atoms with Crippen LogP contribution in [0, 0.1) is 5.92 Å². The molecule has 2 nitrogen and oxygen atoms in total. The Morgan fingerprint density at radius 2 is 2.13 bits per heavy atom. The number of para-hydroxylation sites is 1. The van der Waals surface area contributed by atoms with Gasteiger partial charge in [0.15, 0.2) is 0 Å². The average molecular weight is 239 g/mol. The van der Waals surface area contributed by atoms with Crippen molar-refractivity contribution >= 4 is 36.9 Å². The molecule has 0 bridgehead atoms. The molecule has 0 aromatic heterocycles. The van der Waals surface area contributed by atoms with Crippen LogP contribution in [0.2, 0.25) is 0 Å². The minimum absolute atomic E-state index is 0.176. The molecule has 0 N–H and O–H groups in total. The molecule has 0 spiro atoms. The Morgan fingerprint density at radius 1 is 1.40 bits per heavy atom. The lowest BCUT2D eigenvalue weighted by Crippen LogP contribution is -2.25. The number of amides is 1. The van der Waals surface area contributed by atoms with E-state index in [1.807, 2.05) is 29.2 Å². The molecular formula is C11H13NOS2. The largest absolute Gasteiger partial charge is 0.311 e. The second-order valence-electron chi connectivity index (χ2n) is 3.75. The van der Waals surface area contributed by atoms with Gasteiger partial charge >= 0.3 is 0 Å². The normalized spacial score (nSPS) is 21.1. The average Bonchev–Trinajstić information content (AvgIpc) is 2.60. The maximum atomic E-state index is 11.8. The third-order valence-electron chi connectivity index (χ3n) is 2.64. The van der Waals surface area contributed by atoms with Crippen LogP contribution in [0.15, 0.2) is 29.2 Å². The molecule has 1 unspecified atom stereocenters. The lowest BCUT2D eigenvalue weighted by molar-refractivity contribution is -0.117. The van der Waals surface area contributed by atoms with Gasteiger partial charge in [-0.05, 0) is 23.8 Å². The van der Waals surface area contributed by atoms with E-state index in [-0.39, 0.29) is 5.91 Å². The highest BCUT2D eigenvalue weighted by Crippen LogP contribution is 2.30. The van der Waals surface area contributed by atoms with Crippen molar-refractivity contribution in [3.63, 3.8) is 0 Å². The molecule has 2 rings (SSSR count). The highest BCUT2D eigenvalue weighted by Gasteiger charge is 2.30. The van der Waals surface area contributed by atoms with Crippen LogP contribution in [0.3, 0.4) is 0 Å². The zero-order valence-corrected chi connectivity index (χ0v) is 10.0. The third-order valence-corrected chi connectivity index (χ3v) is 3.53. The van der Waals surface area contributed by atoms with Gasteiger partial charge in [-0.1, -0.05) is 12.1 Å². The number of nitrogens with zero attached hydrogens (tertiary/aromatic N) is 1. The predicted octanol–water partition coefficient (Wildman–Crippen LogP) is 2.26. The van der Waals surface area contributed by atoms with Gasteiger partial charge in [0.1, 0.15) is 0 Å². The van der Waals surface area contributed by atoms with Gasteiger partial charge in [-0.25, -0.2) is 0 Å². The molecule has 15 heavy (non-hydrogen) atoms. The van der Waals surface area contributed by atoms with Crippen molar-refractivity contribution < 1.29 is 4.79 Å². The van der Waals surface area contributed by atoms with Crippen LogP contribution >= 0.6 is 25.3 Å². The van der Waals surface area contributed by atoms with E-state index in [1.54, 1.807) is 0 Å². The molecule has 80 valence electrons. The molecule has 1 heterocycles. The first kappa shape index (κ1) is 10.9. The van der Waals surface area contributed by atoms with Gasteiger partial charge in [0.25, 0.3) is 0 Å². The first-order valence-corrected chi connectivity index (χ1v) is 5.99. The van der Waals surface area contributed by atoms with Crippen LogP contribution in [-0.4, -0.2) is 18.2 Å². The van der Waals surface area contributed by atoms with E-state index in [2.05, 4.69) is 25.3 Å². The van der Waals surface area contributed by atoms with Crippen LogP contribution in [0.4, 0.5) is 5.69 Å². The molecule has 4 heteroatoms. The number of anilines is 1. The smallest absolute Gasteiger partial charge is 0.227 e. The van der Waals surface area contributed by atoms with Gasteiger partial charge in [-0.3, -0.25) is 4.79 Å². The summed E-state index contributed by atoms with van der Waals surface area (Å²) in [4.78, 5) is 14.4. The van der Waals surface area contributed by atoms with Crippen molar-refractivity contribution in [3.8, 4) is 0 Å². The number of carbonyl (C=O) groups is 1. The molecule has 1 atom stereocenters. The van der Waals surface area contributed by atoms with Crippen molar-refractivity contribution in [1.82, 2.24) is 0 Å². The number of hydrogen-bond acceptors (Lipinski definition) is 3. The minimum atomic E-state index is 0.176. The van der Waals surface area contributed by atoms with Crippen LogP contribution in [-0.2, 0) is 4.79 Å². The van der Waals surface area contributed by atoms with Crippen LogP contribution < -0.4 is 4.90 Å². The summed E-state index contributed by atoms with van der Waals surface area (Å²) in [6, 6.07) is 7.68. The van der Waals surface area contributed by atoms with Gasteiger partial charge in [0.2, 0.25) is 5.91 Å². The molecule has 1 aromatic rings. The van der Waals surface area contributed by atoms with E-state index in [1.165, 1.54) is 0 Å². The zero-order valence-electron chi connectivity index (χ0n) is 8.26. The van der Waals surface area contributed by atoms with E-state index in [0.29, 0.717) is 12.3 Å². The molecule has 1 fully saturated rings. The molecule has 0 radical (unpaired) electrons. The van der Waals surface area contributed by atoms with Crippen LogP contribution in [0.1, 0.15) is 6.42 Å². The van der Waals surface area contributed by atoms with Gasteiger partial charge in [0.05, 0.1) is 5.69 Å². The highest BCUT2D eigenvalue weighted by atomic mass is 32.1. The van der Waals surface area contributed by atoms with Crippen molar-refractivity contribution in [2.24, 2.45) is 5.92 Å². The fourth-order valence-electron chi connectivity index (χ4n) is 1.83. The summed E-state index contributed by atoms with van der Waals surface area (Å²) in [5.41, 5.74) is 0.912. The Hall–Kier alpha value is -0.610. The summed E-state index contributed by atoms with van der Waals surface area (Å²) in [7, 11) is 0. The molecule has 1 saturated heterocycles. The number of benzene rings is 1. The maximum Gasteiger partial charge on any atom is 0.227 e. The first-order chi connectivity index (χ1) is 7.22. The van der Waals surface area contributed by atoms with E-state index in [0.717, 1.165) is 22.9 Å². The Morgan fingerprint density at radius 3 is 2.73 bits per heavy atom. The summed E-state index contributed by atoms with van der Waals surface area (Å²) in [6.45, 7) is 0.764. The SMILES string of the molecule is O=C1CC(CS)CN1c1ccccc1S. The molecular weight excluding hydrogens is 226 g/mol. The summed E-state index contributed by atoms with van der Waals surface area (Å²) in [5, 5.41) is 0. The second kappa shape index (κ2) is 4.49. The molecule has 1 aromatic carbocycles. The third kappa shape index (κ3) is 2.16. The van der Waals surface area contributed by atoms with E-state index in [9.17, 15) is 4.79 Å². The minimum Gasteiger partial charge on any atom is -0.311 e. The van der Waals surface area contributed by atoms with E-state index in [4.69, 9.17) is 0 Å². The van der Waals surface area contributed by atoms with Crippen molar-refractivity contribution in [3.05, 3.63) is 24.3 Å². The lowest BCUT2D eigenvalue weighted by Gasteiger charge is -2.18. The Labute approximate surface area is 100 Å². The predicted molar refractivity (Wildman–Crippen MR) is 68.0 cm³/mol. The molecule has 1 aliphatic heterocycles. The number of rotatable bonds is 2. The lowest BCUT2D eigenvalue weighted by atomic mass is 10.1. The van der Waals surface area contributed by atoms with Crippen molar-refractivity contribution in [2.45, 2.75) is 11.3 Å². The van der Waals surface area contributed by atoms with Crippen LogP contribution in [0.25, 0.3) is 0 Å². The summed E-state index contributed by atoms with van der Waals surface area (Å²) in [5.74, 6) is 1.31. The number of carbonyl (C=O) groups excluding carboxylic acids is 1. The Kier molecular flexibility index (Phi) is 3.26. The van der Waals surface area contributed by atoms with Crippen molar-refractivity contribution in [2.75, 3.05) is 17.2 Å². The highest BCUT2D eigenvalue weighted by molar-refractivity contribution is 7.80. The van der Waals surface area contributed by atoms with Crippen LogP contribution in [0.5, 0.6) is 0 Å². The van der Waals surface area contributed by atoms with Gasteiger partial charge < -0.3 is 4.90 Å². The van der Waals surface area contributed by atoms with Crippen molar-refractivity contribution in [1.29, 1.82) is 0 Å². The fraction of sp³-hybridized carbons (Fsp3) is 0.364. The zero-order chi connectivity index (χ0) is 10.8.